The molecule has 5 nitrogen and oxygen atoms in total. The highest BCUT2D eigenvalue weighted by Gasteiger charge is 2.23. The number of hydrogen-bond acceptors (Lipinski definition) is 5. The molecule has 0 saturated heterocycles. The molecule has 1 saturated carbocycles. The van der Waals surface area contributed by atoms with Crippen LogP contribution >= 0.6 is 0 Å². The minimum Gasteiger partial charge on any atom is -0.490 e. The molecule has 0 aliphatic heterocycles. The predicted molar refractivity (Wildman–Crippen MR) is 69.9 cm³/mol. The maximum absolute atomic E-state index is 5.68. The molecule has 0 radical (unpaired) electrons. The van der Waals surface area contributed by atoms with Crippen LogP contribution in [0.2, 0.25) is 0 Å². The molecular formula is C13H14N4O. The fraction of sp³-hybridized carbons (Fsp3) is 0.231. The van der Waals surface area contributed by atoms with Gasteiger partial charge < -0.3 is 16.2 Å². The van der Waals surface area contributed by atoms with E-state index in [0.717, 1.165) is 29.8 Å². The van der Waals surface area contributed by atoms with Crippen molar-refractivity contribution in [1.82, 2.24) is 9.97 Å². The van der Waals surface area contributed by atoms with Crippen LogP contribution in [0.4, 0.5) is 11.8 Å². The zero-order valence-electron chi connectivity index (χ0n) is 9.84. The first-order valence-corrected chi connectivity index (χ1v) is 5.88. The molecule has 1 aromatic carbocycles. The molecule has 0 amide bonds. The summed E-state index contributed by atoms with van der Waals surface area (Å²) in [6.07, 6.45) is 2.71. The highest BCUT2D eigenvalue weighted by molar-refractivity contribution is 5.63. The zero-order valence-corrected chi connectivity index (χ0v) is 9.84. The van der Waals surface area contributed by atoms with Crippen molar-refractivity contribution in [2.75, 3.05) is 11.5 Å². The van der Waals surface area contributed by atoms with Crippen LogP contribution in [0.3, 0.4) is 0 Å². The molecule has 1 aliphatic rings. The van der Waals surface area contributed by atoms with Gasteiger partial charge in [-0.05, 0) is 37.1 Å². The Balaban J connectivity index is 1.86. The predicted octanol–water partition coefficient (Wildman–Crippen LogP) is 1.85. The number of rotatable bonds is 3. The molecule has 5 heteroatoms. The van der Waals surface area contributed by atoms with Crippen LogP contribution < -0.4 is 16.2 Å². The Morgan fingerprint density at radius 2 is 1.78 bits per heavy atom. The van der Waals surface area contributed by atoms with E-state index in [-0.39, 0.29) is 5.95 Å². The van der Waals surface area contributed by atoms with E-state index >= 15 is 0 Å². The lowest BCUT2D eigenvalue weighted by atomic mass is 10.1. The van der Waals surface area contributed by atoms with E-state index in [2.05, 4.69) is 9.97 Å². The zero-order chi connectivity index (χ0) is 12.5. The first-order chi connectivity index (χ1) is 8.70. The summed E-state index contributed by atoms with van der Waals surface area (Å²) in [7, 11) is 0. The van der Waals surface area contributed by atoms with Gasteiger partial charge in [-0.1, -0.05) is 0 Å². The maximum Gasteiger partial charge on any atom is 0.222 e. The number of anilines is 2. The van der Waals surface area contributed by atoms with Crippen molar-refractivity contribution < 1.29 is 4.74 Å². The SMILES string of the molecule is Nc1cc(-c2ccc(OC3CC3)cc2)nc(N)n1. The van der Waals surface area contributed by atoms with Gasteiger partial charge in [0.2, 0.25) is 5.95 Å². The van der Waals surface area contributed by atoms with E-state index in [4.69, 9.17) is 16.2 Å². The first-order valence-electron chi connectivity index (χ1n) is 5.88. The van der Waals surface area contributed by atoms with Crippen molar-refractivity contribution in [2.45, 2.75) is 18.9 Å². The molecule has 1 heterocycles. The van der Waals surface area contributed by atoms with E-state index in [1.165, 1.54) is 0 Å². The molecule has 1 aliphatic carbocycles. The average molecular weight is 242 g/mol. The molecule has 0 bridgehead atoms. The first kappa shape index (κ1) is 10.8. The Kier molecular flexibility index (Phi) is 2.51. The van der Waals surface area contributed by atoms with Gasteiger partial charge in [-0.15, -0.1) is 0 Å². The molecule has 4 N–H and O–H groups in total. The third kappa shape index (κ3) is 2.34. The molecule has 3 rings (SSSR count). The summed E-state index contributed by atoms with van der Waals surface area (Å²) in [6.45, 7) is 0. The van der Waals surface area contributed by atoms with Crippen LogP contribution in [-0.2, 0) is 0 Å². The second-order valence-corrected chi connectivity index (χ2v) is 4.38. The lowest BCUT2D eigenvalue weighted by molar-refractivity contribution is 0.303. The van der Waals surface area contributed by atoms with Crippen LogP contribution in [0.25, 0.3) is 11.3 Å². The Labute approximate surface area is 105 Å². The second-order valence-electron chi connectivity index (χ2n) is 4.38. The number of nitrogen functional groups attached to an aromatic ring is 2. The molecule has 0 spiro atoms. The molecule has 2 aromatic rings. The number of nitrogens with zero attached hydrogens (tertiary/aromatic N) is 2. The molecule has 1 fully saturated rings. The Morgan fingerprint density at radius 1 is 1.06 bits per heavy atom. The molecule has 1 aromatic heterocycles. The molecule has 18 heavy (non-hydrogen) atoms. The lowest BCUT2D eigenvalue weighted by Crippen LogP contribution is -2.00. The highest BCUT2D eigenvalue weighted by Crippen LogP contribution is 2.28. The van der Waals surface area contributed by atoms with Crippen LogP contribution in [0, 0.1) is 0 Å². The molecule has 0 unspecified atom stereocenters. The van der Waals surface area contributed by atoms with Crippen LogP contribution in [0.15, 0.2) is 30.3 Å². The normalized spacial score (nSPS) is 14.4. The van der Waals surface area contributed by atoms with Crippen LogP contribution in [0.1, 0.15) is 12.8 Å². The standard InChI is InChI=1S/C13H14N4O/c14-12-7-11(16-13(15)17-12)8-1-3-9(4-2-8)18-10-5-6-10/h1-4,7,10H,5-6H2,(H4,14,15,16,17). The summed E-state index contributed by atoms with van der Waals surface area (Å²) >= 11 is 0. The summed E-state index contributed by atoms with van der Waals surface area (Å²) < 4.78 is 5.68. The second kappa shape index (κ2) is 4.18. The molecule has 92 valence electrons. The lowest BCUT2D eigenvalue weighted by Gasteiger charge is -2.06. The maximum atomic E-state index is 5.68. The Morgan fingerprint density at radius 3 is 2.39 bits per heavy atom. The number of benzene rings is 1. The van der Waals surface area contributed by atoms with Crippen molar-refractivity contribution in [3.05, 3.63) is 30.3 Å². The van der Waals surface area contributed by atoms with Gasteiger partial charge in [-0.25, -0.2) is 4.98 Å². The smallest absolute Gasteiger partial charge is 0.222 e. The Hall–Kier alpha value is -2.30. The van der Waals surface area contributed by atoms with Crippen molar-refractivity contribution in [3.63, 3.8) is 0 Å². The average Bonchev–Trinajstić information content (AvgIpc) is 3.12. The van der Waals surface area contributed by atoms with Crippen molar-refractivity contribution in [3.8, 4) is 17.0 Å². The summed E-state index contributed by atoms with van der Waals surface area (Å²) in [5.41, 5.74) is 12.9. The minimum absolute atomic E-state index is 0.184. The molecule has 0 atom stereocenters. The number of ether oxygens (including phenoxy) is 1. The number of nitrogens with two attached hydrogens (primary N) is 2. The fourth-order valence-corrected chi connectivity index (χ4v) is 1.72. The summed E-state index contributed by atoms with van der Waals surface area (Å²) in [5.74, 6) is 1.44. The molecular weight excluding hydrogens is 228 g/mol. The minimum atomic E-state index is 0.184. The van der Waals surface area contributed by atoms with Crippen molar-refractivity contribution >= 4 is 11.8 Å². The van der Waals surface area contributed by atoms with Gasteiger partial charge in [-0.2, -0.15) is 4.98 Å². The van der Waals surface area contributed by atoms with E-state index in [1.54, 1.807) is 6.07 Å². The van der Waals surface area contributed by atoms with Gasteiger partial charge in [0.05, 0.1) is 11.8 Å². The van der Waals surface area contributed by atoms with Crippen LogP contribution in [0.5, 0.6) is 5.75 Å². The van der Waals surface area contributed by atoms with E-state index in [9.17, 15) is 0 Å². The van der Waals surface area contributed by atoms with Crippen LogP contribution in [-0.4, -0.2) is 16.1 Å². The number of aromatic nitrogens is 2. The fourth-order valence-electron chi connectivity index (χ4n) is 1.72. The van der Waals surface area contributed by atoms with E-state index < -0.39 is 0 Å². The summed E-state index contributed by atoms with van der Waals surface area (Å²) in [6, 6.07) is 9.45. The highest BCUT2D eigenvalue weighted by atomic mass is 16.5. The van der Waals surface area contributed by atoms with Gasteiger partial charge in [0.15, 0.2) is 0 Å². The third-order valence-electron chi connectivity index (χ3n) is 2.74. The van der Waals surface area contributed by atoms with Gasteiger partial charge in [0.25, 0.3) is 0 Å². The van der Waals surface area contributed by atoms with E-state index in [1.807, 2.05) is 24.3 Å². The topological polar surface area (TPSA) is 87.0 Å². The third-order valence-corrected chi connectivity index (χ3v) is 2.74. The monoisotopic (exact) mass is 242 g/mol. The van der Waals surface area contributed by atoms with Crippen molar-refractivity contribution in [2.24, 2.45) is 0 Å². The summed E-state index contributed by atoms with van der Waals surface area (Å²) in [4.78, 5) is 8.00. The Bertz CT molecular complexity index is 543. The van der Waals surface area contributed by atoms with E-state index in [0.29, 0.717) is 11.9 Å². The number of hydrogen-bond donors (Lipinski definition) is 2. The summed E-state index contributed by atoms with van der Waals surface area (Å²) in [5, 5.41) is 0. The van der Waals surface area contributed by atoms with Gasteiger partial charge in [0.1, 0.15) is 11.6 Å². The van der Waals surface area contributed by atoms with Crippen molar-refractivity contribution in [1.29, 1.82) is 0 Å². The quantitative estimate of drug-likeness (QED) is 0.857. The van der Waals surface area contributed by atoms with Gasteiger partial charge >= 0.3 is 0 Å². The largest absolute Gasteiger partial charge is 0.490 e. The van der Waals surface area contributed by atoms with Gasteiger partial charge in [0, 0.05) is 11.6 Å². The van der Waals surface area contributed by atoms with Gasteiger partial charge in [-0.3, -0.25) is 0 Å².